The van der Waals surface area contributed by atoms with E-state index in [1.165, 1.54) is 4.57 Å². The first-order valence-corrected chi connectivity index (χ1v) is 12.1. The number of aromatic nitrogens is 4. The first kappa shape index (κ1) is 25.4. The second-order valence-electron chi connectivity index (χ2n) is 8.97. The number of hydrogen-bond acceptors (Lipinski definition) is 6. The zero-order valence-electron chi connectivity index (χ0n) is 21.3. The van der Waals surface area contributed by atoms with Crippen molar-refractivity contribution in [2.75, 3.05) is 7.11 Å². The van der Waals surface area contributed by atoms with Crippen molar-refractivity contribution in [1.29, 1.82) is 0 Å². The van der Waals surface area contributed by atoms with Crippen LogP contribution in [0.5, 0.6) is 11.6 Å². The lowest BCUT2D eigenvalue weighted by Crippen LogP contribution is -2.24. The average Bonchev–Trinajstić information content (AvgIpc) is 2.87. The van der Waals surface area contributed by atoms with Crippen LogP contribution >= 0.6 is 11.6 Å². The second kappa shape index (κ2) is 10.5. The molecule has 0 aliphatic carbocycles. The minimum absolute atomic E-state index is 0.0754. The second-order valence-corrected chi connectivity index (χ2v) is 9.35. The Labute approximate surface area is 215 Å². The van der Waals surface area contributed by atoms with Gasteiger partial charge in [0.2, 0.25) is 5.88 Å². The van der Waals surface area contributed by atoms with Gasteiger partial charge in [0.25, 0.3) is 5.56 Å². The molecule has 0 unspecified atom stereocenters. The molecule has 0 spiro atoms. The lowest BCUT2D eigenvalue weighted by Gasteiger charge is -2.17. The van der Waals surface area contributed by atoms with Gasteiger partial charge in [0, 0.05) is 17.7 Å². The zero-order valence-corrected chi connectivity index (χ0v) is 22.1. The monoisotopic (exact) mass is 504 g/mol. The molecule has 0 N–H and O–H groups in total. The number of hydrogen-bond donors (Lipinski definition) is 0. The topological polar surface area (TPSA) is 79.1 Å². The molecule has 0 fully saturated rings. The highest BCUT2D eigenvalue weighted by atomic mass is 35.5. The summed E-state index contributed by atoms with van der Waals surface area (Å²) in [6.45, 7) is 10.00. The van der Waals surface area contributed by atoms with Gasteiger partial charge in [-0.25, -0.2) is 9.97 Å². The van der Waals surface area contributed by atoms with Crippen LogP contribution in [0.4, 0.5) is 0 Å². The summed E-state index contributed by atoms with van der Waals surface area (Å²) >= 11 is 6.47. The number of rotatable bonds is 7. The molecular formula is C28H29ClN4O3. The number of benzene rings is 2. The summed E-state index contributed by atoms with van der Waals surface area (Å²) in [5, 5.41) is -0.0754. The summed E-state index contributed by atoms with van der Waals surface area (Å²) < 4.78 is 12.6. The van der Waals surface area contributed by atoms with E-state index in [0.717, 1.165) is 39.5 Å². The molecule has 0 bridgehead atoms. The van der Waals surface area contributed by atoms with E-state index < -0.39 is 5.56 Å². The van der Waals surface area contributed by atoms with Gasteiger partial charge in [-0.05, 0) is 55.7 Å². The van der Waals surface area contributed by atoms with Gasteiger partial charge in [-0.15, -0.1) is 0 Å². The quantitative estimate of drug-likeness (QED) is 0.308. The molecule has 0 atom stereocenters. The molecule has 2 heterocycles. The van der Waals surface area contributed by atoms with Crippen molar-refractivity contribution >= 4 is 11.6 Å². The molecule has 2 aromatic carbocycles. The summed E-state index contributed by atoms with van der Waals surface area (Å²) in [6.07, 6.45) is 1.83. The van der Waals surface area contributed by atoms with Gasteiger partial charge in [-0.3, -0.25) is 9.36 Å². The lowest BCUT2D eigenvalue weighted by atomic mass is 10.0. The Hall–Kier alpha value is -3.71. The van der Waals surface area contributed by atoms with Crippen molar-refractivity contribution in [2.45, 2.75) is 47.1 Å². The molecule has 8 heteroatoms. The maximum Gasteiger partial charge on any atom is 0.280 e. The van der Waals surface area contributed by atoms with E-state index in [9.17, 15) is 4.79 Å². The van der Waals surface area contributed by atoms with Crippen LogP contribution in [-0.4, -0.2) is 26.6 Å². The fraction of sp³-hybridized carbons (Fsp3) is 0.286. The lowest BCUT2D eigenvalue weighted by molar-refractivity contribution is 0.291. The minimum Gasteiger partial charge on any atom is -0.497 e. The molecule has 0 aliphatic heterocycles. The SMILES string of the molecule is COc1cccc(COc2nc(C)n(-c3cc(-c4nc(C(C)C)ncc4C)ccc3C)c(=O)c2Cl)c1. The Bertz CT molecular complexity index is 1480. The Balaban J connectivity index is 1.73. The highest BCUT2D eigenvalue weighted by Crippen LogP contribution is 2.28. The van der Waals surface area contributed by atoms with E-state index in [0.29, 0.717) is 11.5 Å². The highest BCUT2D eigenvalue weighted by Gasteiger charge is 2.18. The van der Waals surface area contributed by atoms with Crippen molar-refractivity contribution in [2.24, 2.45) is 0 Å². The van der Waals surface area contributed by atoms with Crippen molar-refractivity contribution in [3.8, 4) is 28.6 Å². The van der Waals surface area contributed by atoms with Crippen molar-refractivity contribution in [1.82, 2.24) is 19.5 Å². The van der Waals surface area contributed by atoms with Gasteiger partial charge in [0.05, 0.1) is 18.5 Å². The summed E-state index contributed by atoms with van der Waals surface area (Å²) in [5.74, 6) is 2.25. The molecule has 0 radical (unpaired) electrons. The van der Waals surface area contributed by atoms with Gasteiger partial charge in [0.1, 0.15) is 24.0 Å². The predicted octanol–water partition coefficient (Wildman–Crippen LogP) is 5.98. The van der Waals surface area contributed by atoms with Crippen LogP contribution in [0, 0.1) is 20.8 Å². The molecule has 36 heavy (non-hydrogen) atoms. The number of aryl methyl sites for hydroxylation is 3. The van der Waals surface area contributed by atoms with Crippen LogP contribution in [0.2, 0.25) is 5.02 Å². The molecule has 7 nitrogen and oxygen atoms in total. The van der Waals surface area contributed by atoms with Gasteiger partial charge in [-0.1, -0.05) is 49.7 Å². The smallest absolute Gasteiger partial charge is 0.280 e. The van der Waals surface area contributed by atoms with E-state index in [2.05, 4.69) is 23.8 Å². The van der Waals surface area contributed by atoms with Gasteiger partial charge in [-0.2, -0.15) is 4.98 Å². The Morgan fingerprint density at radius 3 is 2.53 bits per heavy atom. The van der Waals surface area contributed by atoms with Crippen molar-refractivity contribution < 1.29 is 9.47 Å². The van der Waals surface area contributed by atoms with E-state index in [4.69, 9.17) is 26.1 Å². The van der Waals surface area contributed by atoms with E-state index in [-0.39, 0.29) is 23.4 Å². The molecular weight excluding hydrogens is 476 g/mol. The van der Waals surface area contributed by atoms with Crippen LogP contribution < -0.4 is 15.0 Å². The van der Waals surface area contributed by atoms with Crippen LogP contribution in [-0.2, 0) is 6.61 Å². The van der Waals surface area contributed by atoms with Gasteiger partial charge < -0.3 is 9.47 Å². The largest absolute Gasteiger partial charge is 0.497 e. The molecule has 186 valence electrons. The summed E-state index contributed by atoms with van der Waals surface area (Å²) in [7, 11) is 1.60. The highest BCUT2D eigenvalue weighted by molar-refractivity contribution is 6.31. The zero-order chi connectivity index (χ0) is 26.0. The third kappa shape index (κ3) is 5.11. The molecule has 0 aliphatic rings. The van der Waals surface area contributed by atoms with Crippen LogP contribution in [0.3, 0.4) is 0 Å². The molecule has 0 amide bonds. The maximum absolute atomic E-state index is 13.4. The first-order chi connectivity index (χ1) is 17.2. The first-order valence-electron chi connectivity index (χ1n) is 11.7. The van der Waals surface area contributed by atoms with Crippen LogP contribution in [0.25, 0.3) is 16.9 Å². The standard InChI is InChI=1S/C28H29ClN4O3/c1-16(2)26-30-14-18(4)25(32-26)21-11-10-17(3)23(13-21)33-19(5)31-27(24(29)28(33)34)36-15-20-8-7-9-22(12-20)35-6/h7-14,16H,15H2,1-6H3. The minimum atomic E-state index is -0.396. The number of nitrogens with zero attached hydrogens (tertiary/aromatic N) is 4. The molecule has 0 saturated heterocycles. The predicted molar refractivity (Wildman–Crippen MR) is 141 cm³/mol. The fourth-order valence-corrected chi connectivity index (χ4v) is 4.08. The van der Waals surface area contributed by atoms with E-state index in [1.54, 1.807) is 14.0 Å². The van der Waals surface area contributed by atoms with Gasteiger partial charge >= 0.3 is 0 Å². The Morgan fingerprint density at radius 2 is 1.81 bits per heavy atom. The maximum atomic E-state index is 13.4. The third-order valence-corrected chi connectivity index (χ3v) is 6.23. The Kier molecular flexibility index (Phi) is 7.40. The fourth-order valence-electron chi connectivity index (χ4n) is 3.90. The molecule has 4 aromatic rings. The van der Waals surface area contributed by atoms with Gasteiger partial charge in [0.15, 0.2) is 5.02 Å². The molecule has 0 saturated carbocycles. The average molecular weight is 505 g/mol. The molecule has 4 rings (SSSR count). The number of methoxy groups -OCH3 is 1. The van der Waals surface area contributed by atoms with E-state index >= 15 is 0 Å². The summed E-state index contributed by atoms with van der Waals surface area (Å²) in [6, 6.07) is 13.4. The van der Waals surface area contributed by atoms with Crippen LogP contribution in [0.1, 0.15) is 48.1 Å². The Morgan fingerprint density at radius 1 is 1.03 bits per heavy atom. The van der Waals surface area contributed by atoms with Crippen molar-refractivity contribution in [3.05, 3.63) is 92.4 Å². The third-order valence-electron chi connectivity index (χ3n) is 5.91. The summed E-state index contributed by atoms with van der Waals surface area (Å²) in [5.41, 5.74) is 4.74. The number of ether oxygens (including phenoxy) is 2. The van der Waals surface area contributed by atoms with Crippen molar-refractivity contribution in [3.63, 3.8) is 0 Å². The molecule has 2 aromatic heterocycles. The number of halogens is 1. The summed E-state index contributed by atoms with van der Waals surface area (Å²) in [4.78, 5) is 27.1. The van der Waals surface area contributed by atoms with Crippen LogP contribution in [0.15, 0.2) is 53.5 Å². The normalized spacial score (nSPS) is 11.1. The van der Waals surface area contributed by atoms with E-state index in [1.807, 2.05) is 62.5 Å².